The van der Waals surface area contributed by atoms with Gasteiger partial charge >= 0.3 is 11.8 Å². The summed E-state index contributed by atoms with van der Waals surface area (Å²) in [5.41, 5.74) is 0. The molecular formula is C36H32I4N6O2. The summed E-state index contributed by atoms with van der Waals surface area (Å²) in [6, 6.07) is 7.69. The minimum Gasteiger partial charge on any atom is -0.348 e. The maximum atomic E-state index is 11.5. The van der Waals surface area contributed by atoms with Gasteiger partial charge in [0.25, 0.3) is 0 Å². The van der Waals surface area contributed by atoms with E-state index in [-0.39, 0.29) is 0 Å². The highest BCUT2D eigenvalue weighted by Gasteiger charge is 2.11. The molecule has 0 aromatic rings. The topological polar surface area (TPSA) is 153 Å². The molecule has 0 spiro atoms. The lowest BCUT2D eigenvalue weighted by Gasteiger charge is -2.06. The minimum absolute atomic E-state index is 0.493. The molecular weight excluding hydrogens is 1060 g/mol. The molecule has 0 aliphatic carbocycles. The summed E-state index contributed by atoms with van der Waals surface area (Å²) >= 11 is 7.66. The number of unbranched alkanes of at least 4 members (excludes halogenated alkanes) is 8. The highest BCUT2D eigenvalue weighted by molar-refractivity contribution is 14.1. The van der Waals surface area contributed by atoms with E-state index in [1.54, 1.807) is 12.1 Å². The number of nitriles is 4. The zero-order valence-corrected chi connectivity index (χ0v) is 35.2. The smallest absolute Gasteiger partial charge is 0.309 e. The maximum absolute atomic E-state index is 11.5. The number of hydrogen-bond donors (Lipinski definition) is 2. The molecule has 0 bridgehead atoms. The predicted molar refractivity (Wildman–Crippen MR) is 224 cm³/mol. The Balaban J connectivity index is -0.000000196. The van der Waals surface area contributed by atoms with Gasteiger partial charge in [-0.05, 0) is 112 Å². The largest absolute Gasteiger partial charge is 0.348 e. The fourth-order valence-corrected chi connectivity index (χ4v) is 2.81. The third-order valence-corrected chi connectivity index (χ3v) is 5.10. The van der Waals surface area contributed by atoms with E-state index in [9.17, 15) is 9.59 Å². The van der Waals surface area contributed by atoms with Gasteiger partial charge in [0.15, 0.2) is 0 Å². The first-order valence-corrected chi connectivity index (χ1v) is 18.0. The minimum atomic E-state index is -0.582. The summed E-state index contributed by atoms with van der Waals surface area (Å²) in [6.07, 6.45) is 8.42. The van der Waals surface area contributed by atoms with E-state index in [2.05, 4.69) is 110 Å². The summed E-state index contributed by atoms with van der Waals surface area (Å²) in [4.78, 5) is 23.0. The van der Waals surface area contributed by atoms with Crippen LogP contribution in [0.5, 0.6) is 0 Å². The van der Waals surface area contributed by atoms with Crippen molar-refractivity contribution in [3.8, 4) is 111 Å². The van der Waals surface area contributed by atoms with Crippen molar-refractivity contribution >= 4 is 102 Å². The Bertz CT molecular complexity index is 1390. The number of hydrogen-bond acceptors (Lipinski definition) is 6. The van der Waals surface area contributed by atoms with Crippen molar-refractivity contribution in [2.75, 3.05) is 13.1 Å². The molecule has 0 unspecified atom stereocenters. The average Bonchev–Trinajstić information content (AvgIpc) is 3.08. The number of nitrogens with zero attached hydrogens (tertiary/aromatic N) is 4. The molecule has 12 heteroatoms. The van der Waals surface area contributed by atoms with Crippen LogP contribution in [0, 0.1) is 132 Å². The van der Waals surface area contributed by atoms with Gasteiger partial charge in [0.1, 0.15) is 0 Å². The Morgan fingerprint density at radius 1 is 0.438 bits per heavy atom. The van der Waals surface area contributed by atoms with Crippen LogP contribution in [-0.4, -0.2) is 24.9 Å². The summed E-state index contributed by atoms with van der Waals surface area (Å²) in [7, 11) is 0. The van der Waals surface area contributed by atoms with Crippen LogP contribution in [0.2, 0.25) is 0 Å². The lowest BCUT2D eigenvalue weighted by molar-refractivity contribution is -0.139. The molecule has 2 N–H and O–H groups in total. The van der Waals surface area contributed by atoms with Crippen LogP contribution < -0.4 is 10.6 Å². The van der Waals surface area contributed by atoms with Crippen molar-refractivity contribution in [3.05, 3.63) is 0 Å². The third kappa shape index (κ3) is 69.2. The fraction of sp³-hybridized carbons (Fsp3) is 0.389. The number of halogens is 4. The molecule has 0 aromatic heterocycles. The number of carbonyl (C=O) groups excluding carboxylic acids is 2. The van der Waals surface area contributed by atoms with E-state index in [0.29, 0.717) is 25.9 Å². The van der Waals surface area contributed by atoms with Gasteiger partial charge in [0, 0.05) is 130 Å². The Morgan fingerprint density at radius 2 is 0.667 bits per heavy atom. The van der Waals surface area contributed by atoms with Crippen LogP contribution in [0.25, 0.3) is 0 Å². The second-order valence-corrected chi connectivity index (χ2v) is 9.64. The highest BCUT2D eigenvalue weighted by atomic mass is 127. The van der Waals surface area contributed by atoms with Crippen molar-refractivity contribution in [1.29, 1.82) is 21.0 Å². The van der Waals surface area contributed by atoms with Gasteiger partial charge in [-0.25, -0.2) is 0 Å². The van der Waals surface area contributed by atoms with E-state index >= 15 is 0 Å². The lowest BCUT2D eigenvalue weighted by atomic mass is 10.1. The van der Waals surface area contributed by atoms with Crippen molar-refractivity contribution in [1.82, 2.24) is 10.6 Å². The van der Waals surface area contributed by atoms with Crippen LogP contribution in [0.15, 0.2) is 0 Å². The van der Waals surface area contributed by atoms with Gasteiger partial charge in [-0.15, -0.1) is 0 Å². The summed E-state index contributed by atoms with van der Waals surface area (Å²) in [5, 5.41) is 36.6. The van der Waals surface area contributed by atoms with Gasteiger partial charge in [-0.3, -0.25) is 9.59 Å². The molecule has 0 aliphatic heterocycles. The number of amides is 2. The van der Waals surface area contributed by atoms with E-state index in [1.165, 1.54) is 13.8 Å². The number of carbonyl (C=O) groups is 2. The van der Waals surface area contributed by atoms with Gasteiger partial charge in [-0.1, -0.05) is 25.7 Å². The molecule has 0 heterocycles. The zero-order valence-electron chi connectivity index (χ0n) is 26.6. The molecule has 246 valence electrons. The first-order chi connectivity index (χ1) is 23.4. The Kier molecular flexibility index (Phi) is 65.9. The molecule has 0 saturated carbocycles. The summed E-state index contributed by atoms with van der Waals surface area (Å²) < 4.78 is 10.4. The number of rotatable bonds is 12. The highest BCUT2D eigenvalue weighted by Crippen LogP contribution is 2.02. The molecule has 8 nitrogen and oxygen atoms in total. The fourth-order valence-electron chi connectivity index (χ4n) is 2.27. The van der Waals surface area contributed by atoms with Gasteiger partial charge in [0.05, 0.1) is 24.3 Å². The standard InChI is InChI=1S/C16H26N4O2.2C8I2.2C2H3N/c17-11-7-3-1-5-9-13-19-15(21)16(22)20-14-10-6-2-4-8-12-18;2*9-7-5-3-1-2-4-6-8-10;2*1-2-3/h1-10,13-14H2,(H,19,21)(H,20,22);;;2*1H3. The van der Waals surface area contributed by atoms with Gasteiger partial charge in [0.2, 0.25) is 0 Å². The van der Waals surface area contributed by atoms with Crippen LogP contribution in [0.3, 0.4) is 0 Å². The van der Waals surface area contributed by atoms with Crippen LogP contribution in [-0.2, 0) is 9.59 Å². The molecule has 2 amide bonds. The lowest BCUT2D eigenvalue weighted by Crippen LogP contribution is -2.40. The molecule has 0 fully saturated rings. The van der Waals surface area contributed by atoms with E-state index in [1.807, 2.05) is 90.4 Å². The second kappa shape index (κ2) is 58.8. The molecule has 0 aromatic carbocycles. The van der Waals surface area contributed by atoms with E-state index in [0.717, 1.165) is 51.4 Å². The maximum Gasteiger partial charge on any atom is 0.309 e. The van der Waals surface area contributed by atoms with Crippen LogP contribution >= 0.6 is 90.4 Å². The molecule has 0 radical (unpaired) electrons. The average molecular weight is 1090 g/mol. The number of nitrogens with one attached hydrogen (secondary N) is 2. The Hall–Kier alpha value is -3.70. The molecule has 48 heavy (non-hydrogen) atoms. The van der Waals surface area contributed by atoms with Crippen LogP contribution in [0.4, 0.5) is 0 Å². The Morgan fingerprint density at radius 3 is 0.896 bits per heavy atom. The monoisotopic (exact) mass is 1090 g/mol. The van der Waals surface area contributed by atoms with E-state index < -0.39 is 11.8 Å². The summed E-state index contributed by atoms with van der Waals surface area (Å²) in [6.45, 7) is 3.85. The van der Waals surface area contributed by atoms with Crippen molar-refractivity contribution in [2.45, 2.75) is 78.1 Å². The first-order valence-electron chi connectivity index (χ1n) is 13.7. The zero-order chi connectivity index (χ0) is 37.2. The van der Waals surface area contributed by atoms with Crippen molar-refractivity contribution in [3.63, 3.8) is 0 Å². The molecule has 0 aliphatic rings. The second-order valence-electron chi connectivity index (χ2n) is 7.48. The van der Waals surface area contributed by atoms with E-state index in [4.69, 9.17) is 21.0 Å². The van der Waals surface area contributed by atoms with Crippen molar-refractivity contribution < 1.29 is 9.59 Å². The van der Waals surface area contributed by atoms with Gasteiger partial charge < -0.3 is 10.6 Å². The Labute approximate surface area is 342 Å². The SMILES string of the molecule is CC#N.CC#N.IC#CC#CC#CC#CI.IC#CC#CC#CC#CI.N#CCCCCCCNC(=O)C(=O)NCCCCCCC#N. The normalized spacial score (nSPS) is 6.29. The predicted octanol–water partition coefficient (Wildman–Crippen LogP) is 6.80. The van der Waals surface area contributed by atoms with Crippen molar-refractivity contribution in [2.24, 2.45) is 0 Å². The summed E-state index contributed by atoms with van der Waals surface area (Å²) in [5.74, 6) is 29.3. The molecule has 0 atom stereocenters. The molecule has 0 rings (SSSR count). The first kappa shape index (κ1) is 53.8. The quantitative estimate of drug-likeness (QED) is 0.0950. The van der Waals surface area contributed by atoms with Gasteiger partial charge in [-0.2, -0.15) is 21.0 Å². The van der Waals surface area contributed by atoms with Crippen LogP contribution in [0.1, 0.15) is 78.1 Å². The molecule has 0 saturated heterocycles. The third-order valence-electron chi connectivity index (χ3n) is 4.02.